The van der Waals surface area contributed by atoms with Crippen LogP contribution in [0.4, 0.5) is 0 Å². The van der Waals surface area contributed by atoms with Gasteiger partial charge in [0.1, 0.15) is 0 Å². The molecule has 0 bridgehead atoms. The largest absolute Gasteiger partial charge is 0.380 e. The van der Waals surface area contributed by atoms with Crippen LogP contribution in [0.25, 0.3) is 0 Å². The second kappa shape index (κ2) is 3.71. The van der Waals surface area contributed by atoms with Crippen molar-refractivity contribution in [3.63, 3.8) is 0 Å². The Morgan fingerprint density at radius 3 is 2.89 bits per heavy atom. The zero-order valence-corrected chi connectivity index (χ0v) is 5.13. The summed E-state index contributed by atoms with van der Waals surface area (Å²) in [6.45, 7) is 2.40. The third-order valence-electron chi connectivity index (χ3n) is 0.625. The lowest BCUT2D eigenvalue weighted by Gasteiger charge is -1.95. The van der Waals surface area contributed by atoms with Gasteiger partial charge in [-0.25, -0.2) is 0 Å². The van der Waals surface area contributed by atoms with Crippen LogP contribution < -0.4 is 11.1 Å². The summed E-state index contributed by atoms with van der Waals surface area (Å²) in [7, 11) is 0. The molecule has 52 valence electrons. The summed E-state index contributed by atoms with van der Waals surface area (Å²) in [6, 6.07) is 0. The van der Waals surface area contributed by atoms with Crippen LogP contribution in [0, 0.1) is 10.1 Å². The second-order valence-corrected chi connectivity index (χ2v) is 1.40. The Bertz CT molecular complexity index is 132. The highest BCUT2D eigenvalue weighted by Crippen LogP contribution is 1.75. The van der Waals surface area contributed by atoms with Gasteiger partial charge in [-0.3, -0.25) is 10.1 Å². The first kappa shape index (κ1) is 7.74. The minimum atomic E-state index is -0.599. The summed E-state index contributed by atoms with van der Waals surface area (Å²) in [5.41, 5.74) is 5.09. The zero-order valence-electron chi connectivity index (χ0n) is 5.13. The van der Waals surface area contributed by atoms with Crippen molar-refractivity contribution in [1.82, 2.24) is 5.32 Å². The fourth-order valence-electron chi connectivity index (χ4n) is 0.363. The molecule has 3 N–H and O–H groups in total. The average molecular weight is 131 g/mol. The van der Waals surface area contributed by atoms with Crippen LogP contribution in [0.1, 0.15) is 6.92 Å². The summed E-state index contributed by atoms with van der Waals surface area (Å²) < 4.78 is 0. The van der Waals surface area contributed by atoms with Crippen LogP contribution in [0.3, 0.4) is 0 Å². The maximum absolute atomic E-state index is 9.69. The van der Waals surface area contributed by atoms with Gasteiger partial charge >= 0.3 is 0 Å². The smallest absolute Gasteiger partial charge is 0.273 e. The zero-order chi connectivity index (χ0) is 7.28. The topological polar surface area (TPSA) is 81.2 Å². The lowest BCUT2D eigenvalue weighted by Crippen LogP contribution is -2.20. The first-order chi connectivity index (χ1) is 4.16. The van der Waals surface area contributed by atoms with Gasteiger partial charge in [0.25, 0.3) is 6.20 Å². The third-order valence-corrected chi connectivity index (χ3v) is 0.625. The summed E-state index contributed by atoms with van der Waals surface area (Å²) in [6.07, 6.45) is 0.726. The van der Waals surface area contributed by atoms with E-state index in [9.17, 15) is 10.1 Å². The fraction of sp³-hybridized carbons (Fsp3) is 0.500. The number of nitrogens with one attached hydrogen (secondary N) is 1. The maximum atomic E-state index is 9.69. The van der Waals surface area contributed by atoms with Gasteiger partial charge in [0.15, 0.2) is 5.82 Å². The van der Waals surface area contributed by atoms with E-state index in [-0.39, 0.29) is 5.82 Å². The molecule has 0 fully saturated rings. The molecular formula is C4H9N3O2. The number of nitrogens with zero attached hydrogens (tertiary/aromatic N) is 1. The van der Waals surface area contributed by atoms with Crippen molar-refractivity contribution >= 4 is 0 Å². The Balaban J connectivity index is 3.69. The molecule has 9 heavy (non-hydrogen) atoms. The van der Waals surface area contributed by atoms with Crippen LogP contribution >= 0.6 is 0 Å². The molecule has 0 spiro atoms. The Morgan fingerprint density at radius 2 is 2.56 bits per heavy atom. The molecular weight excluding hydrogens is 122 g/mol. The molecule has 0 amide bonds. The molecule has 0 aliphatic rings. The van der Waals surface area contributed by atoms with E-state index in [1.165, 1.54) is 0 Å². The molecule has 5 nitrogen and oxygen atoms in total. The van der Waals surface area contributed by atoms with E-state index >= 15 is 0 Å². The Labute approximate surface area is 52.7 Å². The molecule has 0 aromatic heterocycles. The first-order valence-corrected chi connectivity index (χ1v) is 2.51. The van der Waals surface area contributed by atoms with Crippen molar-refractivity contribution in [3.8, 4) is 0 Å². The van der Waals surface area contributed by atoms with Gasteiger partial charge in [-0.1, -0.05) is 0 Å². The number of rotatable bonds is 3. The third kappa shape index (κ3) is 4.60. The monoisotopic (exact) mass is 131 g/mol. The highest BCUT2D eigenvalue weighted by molar-refractivity contribution is 4.85. The van der Waals surface area contributed by atoms with Crippen LogP contribution in [0.5, 0.6) is 0 Å². The van der Waals surface area contributed by atoms with Gasteiger partial charge in [-0.15, -0.1) is 0 Å². The van der Waals surface area contributed by atoms with Crippen LogP contribution in [0.2, 0.25) is 0 Å². The van der Waals surface area contributed by atoms with Gasteiger partial charge in [0, 0.05) is 6.54 Å². The van der Waals surface area contributed by atoms with E-state index in [4.69, 9.17) is 5.73 Å². The van der Waals surface area contributed by atoms with Gasteiger partial charge in [0.2, 0.25) is 0 Å². The molecule has 0 radical (unpaired) electrons. The summed E-state index contributed by atoms with van der Waals surface area (Å²) in [5.74, 6) is 0.0856. The lowest BCUT2D eigenvalue weighted by molar-refractivity contribution is -0.403. The second-order valence-electron chi connectivity index (χ2n) is 1.40. The SMILES string of the molecule is CCNC(N)=C[N+](=O)[O-]. The summed E-state index contributed by atoms with van der Waals surface area (Å²) in [5, 5.41) is 12.3. The minimum Gasteiger partial charge on any atom is -0.380 e. The molecule has 5 heteroatoms. The lowest BCUT2D eigenvalue weighted by atomic mass is 10.7. The Kier molecular flexibility index (Phi) is 3.19. The molecule has 0 saturated carbocycles. The molecule has 0 aromatic rings. The quantitative estimate of drug-likeness (QED) is 0.404. The van der Waals surface area contributed by atoms with Crippen LogP contribution in [-0.4, -0.2) is 11.5 Å². The molecule has 0 rings (SSSR count). The normalized spacial score (nSPS) is 11.0. The van der Waals surface area contributed by atoms with Crippen molar-refractivity contribution in [2.75, 3.05) is 6.54 Å². The molecule has 0 atom stereocenters. The van der Waals surface area contributed by atoms with Gasteiger partial charge < -0.3 is 11.1 Å². The fourth-order valence-corrected chi connectivity index (χ4v) is 0.363. The maximum Gasteiger partial charge on any atom is 0.273 e. The van der Waals surface area contributed by atoms with Crippen molar-refractivity contribution < 1.29 is 4.92 Å². The van der Waals surface area contributed by atoms with Crippen molar-refractivity contribution in [3.05, 3.63) is 22.1 Å². The molecule has 0 heterocycles. The molecule has 0 aliphatic heterocycles. The molecule has 0 aromatic carbocycles. The predicted octanol–water partition coefficient (Wildman–Crippen LogP) is -0.370. The number of hydrogen-bond donors (Lipinski definition) is 2. The van der Waals surface area contributed by atoms with Crippen molar-refractivity contribution in [2.24, 2.45) is 5.73 Å². The molecule has 0 unspecified atom stereocenters. The number of nitrogens with two attached hydrogens (primary N) is 1. The van der Waals surface area contributed by atoms with Gasteiger partial charge in [0.05, 0.1) is 4.92 Å². The Hall–Kier alpha value is -1.26. The summed E-state index contributed by atoms with van der Waals surface area (Å²) in [4.78, 5) is 9.09. The standard InChI is InChI=1S/C4H9N3O2/c1-2-6-4(5)3-7(8)9/h3,6H,2,5H2,1H3. The van der Waals surface area contributed by atoms with E-state index in [0.717, 1.165) is 6.20 Å². The van der Waals surface area contributed by atoms with Gasteiger partial charge in [-0.05, 0) is 6.92 Å². The van der Waals surface area contributed by atoms with Crippen LogP contribution in [0.15, 0.2) is 12.0 Å². The van der Waals surface area contributed by atoms with Gasteiger partial charge in [-0.2, -0.15) is 0 Å². The number of nitro groups is 1. The van der Waals surface area contributed by atoms with E-state index in [1.54, 1.807) is 6.92 Å². The van der Waals surface area contributed by atoms with E-state index in [1.807, 2.05) is 0 Å². The van der Waals surface area contributed by atoms with Crippen molar-refractivity contribution in [2.45, 2.75) is 6.92 Å². The summed E-state index contributed by atoms with van der Waals surface area (Å²) >= 11 is 0. The average Bonchev–Trinajstić information content (AvgIpc) is 1.63. The predicted molar refractivity (Wildman–Crippen MR) is 32.9 cm³/mol. The number of hydrogen-bond acceptors (Lipinski definition) is 4. The molecule has 0 aliphatic carbocycles. The minimum absolute atomic E-state index is 0.0856. The highest BCUT2D eigenvalue weighted by atomic mass is 16.6. The van der Waals surface area contributed by atoms with E-state index < -0.39 is 4.92 Å². The van der Waals surface area contributed by atoms with E-state index in [0.29, 0.717) is 6.54 Å². The van der Waals surface area contributed by atoms with E-state index in [2.05, 4.69) is 5.32 Å². The molecule has 0 saturated heterocycles. The highest BCUT2D eigenvalue weighted by Gasteiger charge is 1.91. The van der Waals surface area contributed by atoms with Crippen LogP contribution in [-0.2, 0) is 0 Å². The Morgan fingerprint density at radius 1 is 2.00 bits per heavy atom. The first-order valence-electron chi connectivity index (χ1n) is 2.51. The van der Waals surface area contributed by atoms with Crippen molar-refractivity contribution in [1.29, 1.82) is 0 Å².